The summed E-state index contributed by atoms with van der Waals surface area (Å²) in [5.41, 5.74) is 10.2. The van der Waals surface area contributed by atoms with Crippen molar-refractivity contribution in [2.75, 3.05) is 12.3 Å². The molecule has 0 radical (unpaired) electrons. The maximum absolute atomic E-state index is 5.96. The quantitative estimate of drug-likeness (QED) is 0.699. The minimum atomic E-state index is 0.763. The van der Waals surface area contributed by atoms with Crippen LogP contribution in [0.3, 0.4) is 0 Å². The van der Waals surface area contributed by atoms with Gasteiger partial charge in [0, 0.05) is 6.54 Å². The molecule has 1 aromatic carbocycles. The van der Waals surface area contributed by atoms with E-state index in [0.29, 0.717) is 0 Å². The van der Waals surface area contributed by atoms with E-state index < -0.39 is 0 Å². The zero-order valence-electron chi connectivity index (χ0n) is 8.98. The number of nitrogens with one attached hydrogen (secondary N) is 1. The van der Waals surface area contributed by atoms with Crippen LogP contribution in [-0.4, -0.2) is 16.3 Å². The maximum atomic E-state index is 5.96. The first-order chi connectivity index (χ1) is 7.86. The first-order valence-electron chi connectivity index (χ1n) is 5.47. The van der Waals surface area contributed by atoms with Crippen molar-refractivity contribution in [2.45, 2.75) is 13.0 Å². The Bertz CT molecular complexity index is 515. The van der Waals surface area contributed by atoms with Crippen molar-refractivity contribution in [3.8, 4) is 5.69 Å². The Morgan fingerprint density at radius 1 is 1.31 bits per heavy atom. The summed E-state index contributed by atoms with van der Waals surface area (Å²) in [5, 5.41) is 7.78. The number of nitrogens with zero attached hydrogens (tertiary/aromatic N) is 2. The van der Waals surface area contributed by atoms with E-state index in [1.807, 2.05) is 35.1 Å². The van der Waals surface area contributed by atoms with Crippen molar-refractivity contribution in [3.63, 3.8) is 0 Å². The van der Waals surface area contributed by atoms with Gasteiger partial charge in [0.1, 0.15) is 0 Å². The lowest BCUT2D eigenvalue weighted by Crippen LogP contribution is -2.25. The van der Waals surface area contributed by atoms with Crippen LogP contribution >= 0.6 is 0 Å². The summed E-state index contributed by atoms with van der Waals surface area (Å²) < 4.78 is 1.94. The molecule has 4 nitrogen and oxygen atoms in total. The topological polar surface area (TPSA) is 55.9 Å². The number of rotatable bonds is 1. The van der Waals surface area contributed by atoms with Crippen LogP contribution in [0.4, 0.5) is 5.69 Å². The van der Waals surface area contributed by atoms with Crippen LogP contribution < -0.4 is 11.1 Å². The second kappa shape index (κ2) is 3.64. The van der Waals surface area contributed by atoms with Gasteiger partial charge < -0.3 is 11.1 Å². The Kier molecular flexibility index (Phi) is 2.15. The van der Waals surface area contributed by atoms with Crippen molar-refractivity contribution in [1.82, 2.24) is 15.1 Å². The number of anilines is 1. The van der Waals surface area contributed by atoms with Gasteiger partial charge in [-0.1, -0.05) is 12.1 Å². The molecule has 1 aliphatic rings. The molecule has 0 saturated carbocycles. The fraction of sp³-hybridized carbons (Fsp3) is 0.250. The number of fused-ring (bicyclic) bond motifs is 1. The van der Waals surface area contributed by atoms with Gasteiger partial charge in [0.15, 0.2) is 0 Å². The van der Waals surface area contributed by atoms with Crippen LogP contribution in [0.1, 0.15) is 11.3 Å². The third-order valence-corrected chi connectivity index (χ3v) is 2.98. The van der Waals surface area contributed by atoms with E-state index >= 15 is 0 Å². The van der Waals surface area contributed by atoms with E-state index in [9.17, 15) is 0 Å². The van der Waals surface area contributed by atoms with Gasteiger partial charge in [-0.25, -0.2) is 4.68 Å². The zero-order chi connectivity index (χ0) is 11.0. The summed E-state index contributed by atoms with van der Waals surface area (Å²) in [5.74, 6) is 0. The molecule has 0 unspecified atom stereocenters. The number of hydrogen-bond acceptors (Lipinski definition) is 3. The van der Waals surface area contributed by atoms with Crippen LogP contribution in [0.15, 0.2) is 30.5 Å². The first kappa shape index (κ1) is 9.42. The van der Waals surface area contributed by atoms with Gasteiger partial charge in [-0.15, -0.1) is 0 Å². The predicted octanol–water partition coefficient (Wildman–Crippen LogP) is 1.10. The summed E-state index contributed by atoms with van der Waals surface area (Å²) in [4.78, 5) is 0. The molecule has 0 atom stereocenters. The first-order valence-corrected chi connectivity index (χ1v) is 5.47. The standard InChI is InChI=1S/C12H14N4/c13-10-3-1-2-4-11(10)16-12-8-14-6-5-9(12)7-15-16/h1-4,7,14H,5-6,8,13H2. The molecule has 4 heteroatoms. The van der Waals surface area contributed by atoms with Gasteiger partial charge in [-0.05, 0) is 30.7 Å². The third kappa shape index (κ3) is 1.39. The monoisotopic (exact) mass is 214 g/mol. The van der Waals surface area contributed by atoms with E-state index in [1.165, 1.54) is 11.3 Å². The number of nitrogens with two attached hydrogens (primary N) is 1. The highest BCUT2D eigenvalue weighted by Gasteiger charge is 2.16. The fourth-order valence-corrected chi connectivity index (χ4v) is 2.12. The molecular weight excluding hydrogens is 200 g/mol. The Labute approximate surface area is 94.1 Å². The van der Waals surface area contributed by atoms with Gasteiger partial charge >= 0.3 is 0 Å². The van der Waals surface area contributed by atoms with Gasteiger partial charge in [0.2, 0.25) is 0 Å². The number of benzene rings is 1. The van der Waals surface area contributed by atoms with E-state index in [4.69, 9.17) is 5.73 Å². The van der Waals surface area contributed by atoms with Crippen molar-refractivity contribution >= 4 is 5.69 Å². The average molecular weight is 214 g/mol. The van der Waals surface area contributed by atoms with E-state index in [0.717, 1.165) is 30.9 Å². The fourth-order valence-electron chi connectivity index (χ4n) is 2.12. The molecule has 2 heterocycles. The normalized spacial score (nSPS) is 14.8. The largest absolute Gasteiger partial charge is 0.397 e. The average Bonchev–Trinajstić information content (AvgIpc) is 2.74. The SMILES string of the molecule is Nc1ccccc1-n1ncc2c1CNCC2. The molecule has 82 valence electrons. The van der Waals surface area contributed by atoms with Gasteiger partial charge in [-0.3, -0.25) is 0 Å². The van der Waals surface area contributed by atoms with Crippen LogP contribution in [0, 0.1) is 0 Å². The van der Waals surface area contributed by atoms with Crippen molar-refractivity contribution in [2.24, 2.45) is 0 Å². The highest BCUT2D eigenvalue weighted by atomic mass is 15.3. The molecule has 0 spiro atoms. The van der Waals surface area contributed by atoms with Crippen LogP contribution in [-0.2, 0) is 13.0 Å². The Balaban J connectivity index is 2.13. The van der Waals surface area contributed by atoms with Crippen molar-refractivity contribution < 1.29 is 0 Å². The summed E-state index contributed by atoms with van der Waals surface area (Å²) in [6.07, 6.45) is 2.99. The predicted molar refractivity (Wildman–Crippen MR) is 63.4 cm³/mol. The lowest BCUT2D eigenvalue weighted by molar-refractivity contribution is 0.614. The zero-order valence-corrected chi connectivity index (χ0v) is 8.98. The third-order valence-electron chi connectivity index (χ3n) is 2.98. The molecule has 3 N–H and O–H groups in total. The minimum absolute atomic E-state index is 0.763. The molecule has 1 aromatic heterocycles. The van der Waals surface area contributed by atoms with E-state index in [2.05, 4.69) is 10.4 Å². The molecule has 2 aromatic rings. The van der Waals surface area contributed by atoms with Gasteiger partial charge in [0.05, 0.1) is 23.3 Å². The van der Waals surface area contributed by atoms with Crippen molar-refractivity contribution in [3.05, 3.63) is 41.7 Å². The number of hydrogen-bond donors (Lipinski definition) is 2. The van der Waals surface area contributed by atoms with Gasteiger partial charge in [0.25, 0.3) is 0 Å². The minimum Gasteiger partial charge on any atom is -0.397 e. The van der Waals surface area contributed by atoms with Crippen LogP contribution in [0.2, 0.25) is 0 Å². The van der Waals surface area contributed by atoms with Crippen LogP contribution in [0.25, 0.3) is 5.69 Å². The maximum Gasteiger partial charge on any atom is 0.0878 e. The lowest BCUT2D eigenvalue weighted by Gasteiger charge is -2.16. The molecule has 0 bridgehead atoms. The Hall–Kier alpha value is -1.81. The summed E-state index contributed by atoms with van der Waals surface area (Å²) in [7, 11) is 0. The summed E-state index contributed by atoms with van der Waals surface area (Å²) in [6.45, 7) is 1.90. The molecule has 0 fully saturated rings. The Morgan fingerprint density at radius 3 is 3.06 bits per heavy atom. The highest BCUT2D eigenvalue weighted by molar-refractivity contribution is 5.57. The van der Waals surface area contributed by atoms with Crippen molar-refractivity contribution in [1.29, 1.82) is 0 Å². The number of aromatic nitrogens is 2. The molecule has 0 aliphatic carbocycles. The summed E-state index contributed by atoms with van der Waals surface area (Å²) >= 11 is 0. The molecule has 0 saturated heterocycles. The molecule has 16 heavy (non-hydrogen) atoms. The molecular formula is C12H14N4. The van der Waals surface area contributed by atoms with E-state index in [-0.39, 0.29) is 0 Å². The van der Waals surface area contributed by atoms with Gasteiger partial charge in [-0.2, -0.15) is 5.10 Å². The summed E-state index contributed by atoms with van der Waals surface area (Å²) in [6, 6.07) is 7.82. The molecule has 1 aliphatic heterocycles. The second-order valence-corrected chi connectivity index (χ2v) is 4.01. The molecule has 0 amide bonds. The van der Waals surface area contributed by atoms with E-state index in [1.54, 1.807) is 0 Å². The second-order valence-electron chi connectivity index (χ2n) is 4.01. The lowest BCUT2D eigenvalue weighted by atomic mass is 10.1. The molecule has 3 rings (SSSR count). The highest BCUT2D eigenvalue weighted by Crippen LogP contribution is 2.21. The number of para-hydroxylation sites is 2. The smallest absolute Gasteiger partial charge is 0.0878 e. The van der Waals surface area contributed by atoms with Crippen LogP contribution in [0.5, 0.6) is 0 Å². The Morgan fingerprint density at radius 2 is 2.19 bits per heavy atom. The number of nitrogen functional groups attached to an aromatic ring is 1.